The molecule has 0 aromatic carbocycles. The van der Waals surface area contributed by atoms with Gasteiger partial charge in [0.25, 0.3) is 0 Å². The Hall–Kier alpha value is 0.283. The van der Waals surface area contributed by atoms with Crippen LogP contribution >= 0.6 is 0 Å². The molecule has 0 atom stereocenters. The van der Waals surface area contributed by atoms with Gasteiger partial charge in [0.2, 0.25) is 0 Å². The summed E-state index contributed by atoms with van der Waals surface area (Å²) in [6, 6.07) is 0. The van der Waals surface area contributed by atoms with E-state index >= 15 is 0 Å². The third-order valence-corrected chi connectivity index (χ3v) is 3.46. The van der Waals surface area contributed by atoms with Crippen molar-refractivity contribution in [2.45, 2.75) is 24.2 Å². The van der Waals surface area contributed by atoms with Crippen molar-refractivity contribution in [3.8, 4) is 0 Å². The van der Waals surface area contributed by atoms with Crippen molar-refractivity contribution in [1.82, 2.24) is 0 Å². The number of hydrogen-bond donors (Lipinski definition) is 0. The average Bonchev–Trinajstić information content (AvgIpc) is 1.30. The van der Waals surface area contributed by atoms with E-state index in [9.17, 15) is 0 Å². The van der Waals surface area contributed by atoms with Crippen molar-refractivity contribution in [3.05, 3.63) is 11.0 Å². The van der Waals surface area contributed by atoms with E-state index in [0.29, 0.717) is 0 Å². The third-order valence-electron chi connectivity index (χ3n) is 0.667. The van der Waals surface area contributed by atoms with Gasteiger partial charge in [-0.1, -0.05) is 0 Å². The summed E-state index contributed by atoms with van der Waals surface area (Å²) < 4.78 is 0. The second kappa shape index (κ2) is 2.56. The zero-order valence-electron chi connectivity index (χ0n) is 5.65. The number of allylic oxidation sites excluding steroid dienone is 1. The van der Waals surface area contributed by atoms with Crippen LogP contribution in [0.2, 0.25) is 17.3 Å². The molecule has 0 saturated heterocycles. The van der Waals surface area contributed by atoms with E-state index in [2.05, 4.69) is 35.2 Å². The van der Waals surface area contributed by atoms with Crippen LogP contribution in [0.4, 0.5) is 0 Å². The second-order valence-electron chi connectivity index (χ2n) is 2.87. The molecule has 0 radical (unpaired) electrons. The molecule has 0 aromatic rings. The predicted octanol–water partition coefficient (Wildman–Crippen LogP) is 2.44. The van der Waals surface area contributed by atoms with Crippen molar-refractivity contribution in [2.75, 3.05) is 0 Å². The molecule has 0 aliphatic heterocycles. The molecule has 0 nitrogen and oxygen atoms in total. The molecular formula is C6H14Ge. The molecule has 0 unspecified atom stereocenters. The third kappa shape index (κ3) is 6.28. The Morgan fingerprint density at radius 3 is 1.57 bits per heavy atom. The summed E-state index contributed by atoms with van der Waals surface area (Å²) >= 11 is -1.26. The molecule has 0 saturated carbocycles. The van der Waals surface area contributed by atoms with E-state index in [1.807, 2.05) is 0 Å². The van der Waals surface area contributed by atoms with Gasteiger partial charge >= 0.3 is 48.4 Å². The van der Waals surface area contributed by atoms with Gasteiger partial charge in [-0.05, 0) is 0 Å². The molecule has 0 N–H and O–H groups in total. The van der Waals surface area contributed by atoms with Gasteiger partial charge in [-0.2, -0.15) is 0 Å². The molecule has 0 amide bonds. The monoisotopic (exact) mass is 160 g/mol. The molecule has 0 aliphatic rings. The molecule has 42 valence electrons. The summed E-state index contributed by atoms with van der Waals surface area (Å²) in [4.78, 5) is 2.38. The molecule has 0 spiro atoms. The van der Waals surface area contributed by atoms with Gasteiger partial charge in [-0.3, -0.25) is 0 Å². The van der Waals surface area contributed by atoms with Crippen LogP contribution in [-0.2, 0) is 0 Å². The van der Waals surface area contributed by atoms with E-state index in [0.717, 1.165) is 0 Å². The van der Waals surface area contributed by atoms with Gasteiger partial charge in [0, 0.05) is 0 Å². The van der Waals surface area contributed by atoms with Gasteiger partial charge < -0.3 is 0 Å². The maximum atomic E-state index is 2.38. The predicted molar refractivity (Wildman–Crippen MR) is 38.2 cm³/mol. The summed E-state index contributed by atoms with van der Waals surface area (Å²) in [5.74, 6) is 7.12. The summed E-state index contributed by atoms with van der Waals surface area (Å²) in [6.07, 6.45) is 2.17. The summed E-state index contributed by atoms with van der Waals surface area (Å²) in [7, 11) is 0. The van der Waals surface area contributed by atoms with Crippen molar-refractivity contribution in [1.29, 1.82) is 0 Å². The van der Waals surface area contributed by atoms with Crippen LogP contribution in [0, 0.1) is 0 Å². The molecule has 0 fully saturated rings. The summed E-state index contributed by atoms with van der Waals surface area (Å²) in [6.45, 7) is 2.09. The number of hydrogen-bond acceptors (Lipinski definition) is 0. The first-order valence-corrected chi connectivity index (χ1v) is 10.2. The van der Waals surface area contributed by atoms with Crippen LogP contribution in [-0.4, -0.2) is 13.3 Å². The van der Waals surface area contributed by atoms with E-state index in [1.165, 1.54) is 0 Å². The van der Waals surface area contributed by atoms with Crippen LogP contribution in [0.5, 0.6) is 0 Å². The Balaban J connectivity index is 3.56. The minimum atomic E-state index is -1.26. The van der Waals surface area contributed by atoms with Gasteiger partial charge in [-0.15, -0.1) is 0 Å². The minimum absolute atomic E-state index is 1.26. The first-order chi connectivity index (χ1) is 3.06. The first kappa shape index (κ1) is 7.28. The first-order valence-electron chi connectivity index (χ1n) is 2.70. The maximum absolute atomic E-state index is 2.38. The Bertz CT molecular complexity index is 66.7. The van der Waals surface area contributed by atoms with Gasteiger partial charge in [0.15, 0.2) is 0 Å². The fourth-order valence-electron chi connectivity index (χ4n) is 0.500. The average molecular weight is 159 g/mol. The summed E-state index contributed by atoms with van der Waals surface area (Å²) in [5.41, 5.74) is 0. The molecule has 0 aliphatic carbocycles. The van der Waals surface area contributed by atoms with Crippen LogP contribution in [0.15, 0.2) is 11.0 Å². The van der Waals surface area contributed by atoms with E-state index in [4.69, 9.17) is 0 Å². The zero-order valence-corrected chi connectivity index (χ0v) is 7.75. The Kier molecular flexibility index (Phi) is 2.66. The van der Waals surface area contributed by atoms with E-state index in [1.54, 1.807) is 0 Å². The Labute approximate surface area is 49.0 Å². The van der Waals surface area contributed by atoms with Crippen molar-refractivity contribution >= 4 is 13.3 Å². The zero-order chi connectivity index (χ0) is 5.91. The van der Waals surface area contributed by atoms with E-state index < -0.39 is 13.3 Å². The quantitative estimate of drug-likeness (QED) is 0.515. The molecule has 1 heteroatoms. The Morgan fingerprint density at radius 1 is 1.14 bits per heavy atom. The van der Waals surface area contributed by atoms with Gasteiger partial charge in [0.1, 0.15) is 0 Å². The molecule has 0 heterocycles. The fraction of sp³-hybridized carbons (Fsp3) is 0.667. The molecular weight excluding hydrogens is 145 g/mol. The van der Waals surface area contributed by atoms with Crippen molar-refractivity contribution in [3.63, 3.8) is 0 Å². The van der Waals surface area contributed by atoms with Crippen LogP contribution < -0.4 is 0 Å². The Morgan fingerprint density at radius 2 is 1.57 bits per heavy atom. The van der Waals surface area contributed by atoms with Crippen molar-refractivity contribution < 1.29 is 0 Å². The molecule has 0 bridgehead atoms. The standard InChI is InChI=1S/C6H14Ge/c1-5-6-7(2,3)4/h5-6H,1-4H3/b6-5-. The van der Waals surface area contributed by atoms with Crippen LogP contribution in [0.3, 0.4) is 0 Å². The topological polar surface area (TPSA) is 0 Å². The summed E-state index contributed by atoms with van der Waals surface area (Å²) in [5, 5.41) is 0. The van der Waals surface area contributed by atoms with Gasteiger partial charge in [-0.25, -0.2) is 0 Å². The van der Waals surface area contributed by atoms with Crippen molar-refractivity contribution in [2.24, 2.45) is 0 Å². The normalized spacial score (nSPS) is 13.1. The fourth-order valence-corrected chi connectivity index (χ4v) is 2.60. The van der Waals surface area contributed by atoms with Gasteiger partial charge in [0.05, 0.1) is 0 Å². The van der Waals surface area contributed by atoms with Crippen LogP contribution in [0.25, 0.3) is 0 Å². The number of rotatable bonds is 1. The molecule has 0 aromatic heterocycles. The molecule has 0 rings (SSSR count). The SMILES string of the molecule is C/C=[CH]\[Ge]([CH3])([CH3])[CH3]. The second-order valence-corrected chi connectivity index (χ2v) is 13.5. The van der Waals surface area contributed by atoms with Crippen LogP contribution in [0.1, 0.15) is 6.92 Å². The van der Waals surface area contributed by atoms with E-state index in [-0.39, 0.29) is 0 Å². The molecule has 7 heavy (non-hydrogen) atoms.